The average Bonchev–Trinajstić information content (AvgIpc) is 2.47. The van der Waals surface area contributed by atoms with Crippen molar-refractivity contribution in [2.45, 2.75) is 20.0 Å². The van der Waals surface area contributed by atoms with Crippen LogP contribution in [-0.4, -0.2) is 34.5 Å². The van der Waals surface area contributed by atoms with Gasteiger partial charge in [0.1, 0.15) is 0 Å². The van der Waals surface area contributed by atoms with Crippen LogP contribution in [-0.2, 0) is 0 Å². The maximum atomic E-state index is 9.61. The Bertz CT molecular complexity index is 319. The fraction of sp³-hybridized carbons (Fsp3) is 0.600. The lowest BCUT2D eigenvalue weighted by Gasteiger charge is -2.15. The van der Waals surface area contributed by atoms with Crippen LogP contribution in [0, 0.1) is 12.8 Å². The third-order valence-electron chi connectivity index (χ3n) is 2.67. The van der Waals surface area contributed by atoms with E-state index in [-0.39, 0.29) is 6.10 Å². The van der Waals surface area contributed by atoms with Gasteiger partial charge in [-0.3, -0.25) is 0 Å². The first-order chi connectivity index (χ1) is 6.66. The molecule has 4 nitrogen and oxygen atoms in total. The van der Waals surface area contributed by atoms with E-state index in [4.69, 9.17) is 0 Å². The molecule has 1 aromatic rings. The lowest BCUT2D eigenvalue weighted by molar-refractivity contribution is 0.157. The van der Waals surface area contributed by atoms with Crippen LogP contribution in [0.3, 0.4) is 0 Å². The number of nitrogens with zero attached hydrogens (tertiary/aromatic N) is 3. The summed E-state index contributed by atoms with van der Waals surface area (Å²) < 4.78 is 0. The first kappa shape index (κ1) is 9.40. The van der Waals surface area contributed by atoms with Gasteiger partial charge in [0.2, 0.25) is 0 Å². The highest BCUT2D eigenvalue weighted by Gasteiger charge is 2.28. The molecule has 1 aromatic heterocycles. The predicted octanol–water partition coefficient (Wildman–Crippen LogP) is 0.602. The Labute approximate surface area is 83.6 Å². The molecule has 2 atom stereocenters. The number of aliphatic hydroxyl groups is 1. The highest BCUT2D eigenvalue weighted by Crippen LogP contribution is 2.21. The van der Waals surface area contributed by atoms with E-state index in [0.29, 0.717) is 12.5 Å². The molecule has 0 bridgehead atoms. The molecule has 4 heteroatoms. The van der Waals surface area contributed by atoms with Gasteiger partial charge in [-0.05, 0) is 18.6 Å². The fourth-order valence-corrected chi connectivity index (χ4v) is 1.74. The van der Waals surface area contributed by atoms with Crippen molar-refractivity contribution in [3.05, 3.63) is 17.8 Å². The molecular weight excluding hydrogens is 178 g/mol. The van der Waals surface area contributed by atoms with Crippen LogP contribution in [0.5, 0.6) is 0 Å². The van der Waals surface area contributed by atoms with Gasteiger partial charge >= 0.3 is 0 Å². The van der Waals surface area contributed by atoms with Crippen molar-refractivity contribution >= 4 is 5.82 Å². The number of aryl methyl sites for hydroxylation is 1. The van der Waals surface area contributed by atoms with E-state index in [9.17, 15) is 5.11 Å². The standard InChI is InChI=1S/C10H15N3O/c1-7-3-10(12-11-4-7)13-5-8(2)9(14)6-13/h3-4,8-9,14H,5-6H2,1-2H3. The van der Waals surface area contributed by atoms with Crippen LogP contribution in [0.4, 0.5) is 5.82 Å². The topological polar surface area (TPSA) is 49.2 Å². The van der Waals surface area contributed by atoms with Crippen molar-refractivity contribution in [2.75, 3.05) is 18.0 Å². The Hall–Kier alpha value is -1.16. The van der Waals surface area contributed by atoms with Gasteiger partial charge in [-0.25, -0.2) is 0 Å². The highest BCUT2D eigenvalue weighted by atomic mass is 16.3. The number of rotatable bonds is 1. The molecule has 1 aliphatic rings. The van der Waals surface area contributed by atoms with Crippen LogP contribution < -0.4 is 4.90 Å². The second-order valence-corrected chi connectivity index (χ2v) is 4.04. The van der Waals surface area contributed by atoms with Crippen LogP contribution >= 0.6 is 0 Å². The SMILES string of the molecule is Cc1cnnc(N2CC(C)C(O)C2)c1. The molecule has 1 aliphatic heterocycles. The third kappa shape index (κ3) is 1.70. The Morgan fingerprint density at radius 2 is 2.29 bits per heavy atom. The van der Waals surface area contributed by atoms with Crippen molar-refractivity contribution < 1.29 is 5.11 Å². The number of aliphatic hydroxyl groups excluding tert-OH is 1. The molecule has 0 saturated carbocycles. The van der Waals surface area contributed by atoms with Crippen molar-refractivity contribution in [3.63, 3.8) is 0 Å². The Morgan fingerprint density at radius 1 is 1.50 bits per heavy atom. The van der Waals surface area contributed by atoms with Crippen LogP contribution in [0.15, 0.2) is 12.3 Å². The Morgan fingerprint density at radius 3 is 2.86 bits per heavy atom. The van der Waals surface area contributed by atoms with E-state index in [1.54, 1.807) is 6.20 Å². The normalized spacial score (nSPS) is 26.9. The number of anilines is 1. The zero-order valence-corrected chi connectivity index (χ0v) is 8.51. The molecule has 1 fully saturated rings. The Kier molecular flexibility index (Phi) is 2.37. The fourth-order valence-electron chi connectivity index (χ4n) is 1.74. The van der Waals surface area contributed by atoms with Crippen molar-refractivity contribution in [1.82, 2.24) is 10.2 Å². The summed E-state index contributed by atoms with van der Waals surface area (Å²) in [6, 6.07) is 2.00. The van der Waals surface area contributed by atoms with E-state index < -0.39 is 0 Å². The van der Waals surface area contributed by atoms with Crippen molar-refractivity contribution in [2.24, 2.45) is 5.92 Å². The molecular formula is C10H15N3O. The summed E-state index contributed by atoms with van der Waals surface area (Å²) in [6.45, 7) is 5.57. The molecule has 2 heterocycles. The van der Waals surface area contributed by atoms with E-state index in [1.807, 2.05) is 19.9 Å². The molecule has 76 valence electrons. The quantitative estimate of drug-likeness (QED) is 0.709. The summed E-state index contributed by atoms with van der Waals surface area (Å²) in [4.78, 5) is 2.08. The molecule has 0 aromatic carbocycles. The maximum absolute atomic E-state index is 9.61. The summed E-state index contributed by atoms with van der Waals surface area (Å²) in [5.74, 6) is 1.19. The number of hydrogen-bond donors (Lipinski definition) is 1. The van der Waals surface area contributed by atoms with Gasteiger partial charge in [0.15, 0.2) is 5.82 Å². The third-order valence-corrected chi connectivity index (χ3v) is 2.67. The van der Waals surface area contributed by atoms with Gasteiger partial charge in [-0.1, -0.05) is 6.92 Å². The average molecular weight is 193 g/mol. The second-order valence-electron chi connectivity index (χ2n) is 4.04. The van der Waals surface area contributed by atoms with Gasteiger partial charge in [0, 0.05) is 19.0 Å². The largest absolute Gasteiger partial charge is 0.391 e. The molecule has 14 heavy (non-hydrogen) atoms. The van der Waals surface area contributed by atoms with Crippen molar-refractivity contribution in [1.29, 1.82) is 0 Å². The maximum Gasteiger partial charge on any atom is 0.151 e. The van der Waals surface area contributed by atoms with Crippen LogP contribution in [0.1, 0.15) is 12.5 Å². The highest BCUT2D eigenvalue weighted by molar-refractivity contribution is 5.40. The van der Waals surface area contributed by atoms with E-state index >= 15 is 0 Å². The van der Waals surface area contributed by atoms with Gasteiger partial charge in [-0.2, -0.15) is 5.10 Å². The van der Waals surface area contributed by atoms with Crippen molar-refractivity contribution in [3.8, 4) is 0 Å². The summed E-state index contributed by atoms with van der Waals surface area (Å²) in [5.41, 5.74) is 1.10. The molecule has 0 radical (unpaired) electrons. The van der Waals surface area contributed by atoms with Gasteiger partial charge in [0.25, 0.3) is 0 Å². The summed E-state index contributed by atoms with van der Waals surface area (Å²) in [7, 11) is 0. The summed E-state index contributed by atoms with van der Waals surface area (Å²) in [6.07, 6.45) is 1.50. The number of aromatic nitrogens is 2. The lowest BCUT2D eigenvalue weighted by Crippen LogP contribution is -2.22. The van der Waals surface area contributed by atoms with E-state index in [0.717, 1.165) is 17.9 Å². The first-order valence-corrected chi connectivity index (χ1v) is 4.89. The lowest BCUT2D eigenvalue weighted by atomic mass is 10.1. The summed E-state index contributed by atoms with van der Waals surface area (Å²) >= 11 is 0. The van der Waals surface area contributed by atoms with Gasteiger partial charge in [-0.15, -0.1) is 5.10 Å². The molecule has 0 amide bonds. The number of hydrogen-bond acceptors (Lipinski definition) is 4. The van der Waals surface area contributed by atoms with Crippen LogP contribution in [0.25, 0.3) is 0 Å². The minimum Gasteiger partial charge on any atom is -0.391 e. The zero-order valence-electron chi connectivity index (χ0n) is 8.51. The van der Waals surface area contributed by atoms with E-state index in [2.05, 4.69) is 15.1 Å². The first-order valence-electron chi connectivity index (χ1n) is 4.89. The monoisotopic (exact) mass is 193 g/mol. The molecule has 0 spiro atoms. The molecule has 2 rings (SSSR count). The predicted molar refractivity (Wildman–Crippen MR) is 54.2 cm³/mol. The zero-order chi connectivity index (χ0) is 10.1. The minimum atomic E-state index is -0.239. The van der Waals surface area contributed by atoms with Crippen LogP contribution in [0.2, 0.25) is 0 Å². The molecule has 1 N–H and O–H groups in total. The van der Waals surface area contributed by atoms with Gasteiger partial charge < -0.3 is 10.0 Å². The second kappa shape index (κ2) is 3.53. The Balaban J connectivity index is 2.17. The minimum absolute atomic E-state index is 0.239. The molecule has 2 unspecified atom stereocenters. The summed E-state index contributed by atoms with van der Waals surface area (Å²) in [5, 5.41) is 17.6. The number of β-amino-alcohol motifs (C(OH)–C–C–N with tert-alkyl or cyclic N) is 1. The molecule has 1 saturated heterocycles. The van der Waals surface area contributed by atoms with E-state index in [1.165, 1.54) is 0 Å². The van der Waals surface area contributed by atoms with Gasteiger partial charge in [0.05, 0.1) is 12.3 Å². The smallest absolute Gasteiger partial charge is 0.151 e. The molecule has 0 aliphatic carbocycles.